The lowest BCUT2D eigenvalue weighted by atomic mass is 10.0. The van der Waals surface area contributed by atoms with Gasteiger partial charge in [-0.2, -0.15) is 0 Å². The van der Waals surface area contributed by atoms with Crippen molar-refractivity contribution in [1.82, 2.24) is 0 Å². The molecule has 4 aromatic rings. The molecular formula is C37H38N4O12. The van der Waals surface area contributed by atoms with Gasteiger partial charge in [0.2, 0.25) is 5.91 Å². The van der Waals surface area contributed by atoms with Crippen molar-refractivity contribution in [3.05, 3.63) is 84.4 Å². The minimum Gasteiger partial charge on any atom is -0.488 e. The Kier molecular flexibility index (Phi) is 13.1. The smallest absolute Gasteiger partial charge is 0.323 e. The van der Waals surface area contributed by atoms with Crippen LogP contribution >= 0.6 is 0 Å². The predicted molar refractivity (Wildman–Crippen MR) is 195 cm³/mol. The van der Waals surface area contributed by atoms with Gasteiger partial charge in [0.05, 0.1) is 17.9 Å². The monoisotopic (exact) mass is 730 g/mol. The normalized spacial score (nSPS) is 10.6. The average Bonchev–Trinajstić information content (AvgIpc) is 3.08. The number of carbonyl (C=O) groups is 6. The number of para-hydroxylation sites is 2. The van der Waals surface area contributed by atoms with Gasteiger partial charge < -0.3 is 49.9 Å². The van der Waals surface area contributed by atoms with Crippen LogP contribution in [0.25, 0.3) is 10.8 Å². The quantitative estimate of drug-likeness (QED) is 0.0648. The second kappa shape index (κ2) is 17.9. The number of carboxylic acids is 4. The summed E-state index contributed by atoms with van der Waals surface area (Å²) >= 11 is 0. The summed E-state index contributed by atoms with van der Waals surface area (Å²) in [6.45, 7) is -1.44. The van der Waals surface area contributed by atoms with E-state index in [-0.39, 0.29) is 54.1 Å². The highest BCUT2D eigenvalue weighted by Gasteiger charge is 2.21. The molecule has 0 aliphatic carbocycles. The molecule has 0 heterocycles. The van der Waals surface area contributed by atoms with Crippen LogP contribution in [0.1, 0.15) is 17.3 Å². The van der Waals surface area contributed by atoms with Gasteiger partial charge in [0.15, 0.2) is 5.78 Å². The zero-order valence-corrected chi connectivity index (χ0v) is 28.9. The zero-order valence-electron chi connectivity index (χ0n) is 28.9. The molecule has 0 aliphatic heterocycles. The third kappa shape index (κ3) is 11.3. The highest BCUT2D eigenvalue weighted by atomic mass is 16.5. The van der Waals surface area contributed by atoms with Gasteiger partial charge >= 0.3 is 23.9 Å². The number of fused-ring (bicyclic) bond motifs is 1. The molecule has 4 rings (SSSR count). The first-order chi connectivity index (χ1) is 25.2. The molecule has 4 aromatic carbocycles. The lowest BCUT2D eigenvalue weighted by Crippen LogP contribution is -2.35. The number of nitrogens with one attached hydrogen (secondary N) is 1. The van der Waals surface area contributed by atoms with Crippen LogP contribution in [0.4, 0.5) is 22.7 Å². The lowest BCUT2D eigenvalue weighted by Gasteiger charge is -2.25. The van der Waals surface area contributed by atoms with Crippen molar-refractivity contribution < 1.29 is 58.7 Å². The van der Waals surface area contributed by atoms with Gasteiger partial charge in [0.25, 0.3) is 0 Å². The Morgan fingerprint density at radius 3 is 1.72 bits per heavy atom. The van der Waals surface area contributed by atoms with E-state index < -0.39 is 56.0 Å². The summed E-state index contributed by atoms with van der Waals surface area (Å²) in [5.74, 6) is -5.32. The maximum atomic E-state index is 13.1. The molecule has 0 atom stereocenters. The summed E-state index contributed by atoms with van der Waals surface area (Å²) in [7, 11) is 1.73. The van der Waals surface area contributed by atoms with Gasteiger partial charge in [0.1, 0.15) is 50.9 Å². The second-order valence-electron chi connectivity index (χ2n) is 11.8. The van der Waals surface area contributed by atoms with E-state index in [9.17, 15) is 49.2 Å². The third-order valence-electron chi connectivity index (χ3n) is 7.75. The number of anilines is 4. The predicted octanol–water partition coefficient (Wildman–Crippen LogP) is 3.53. The number of ketones is 1. The molecule has 0 aromatic heterocycles. The molecule has 0 saturated heterocycles. The zero-order chi connectivity index (χ0) is 38.7. The molecule has 0 bridgehead atoms. The largest absolute Gasteiger partial charge is 0.488 e. The number of hydrogen-bond donors (Lipinski definition) is 5. The van der Waals surface area contributed by atoms with Crippen LogP contribution in [0.3, 0.4) is 0 Å². The number of likely N-dealkylation sites (N-methyl/N-ethyl adjacent to an activating group) is 1. The van der Waals surface area contributed by atoms with Gasteiger partial charge in [-0.25, -0.2) is 0 Å². The molecule has 16 heteroatoms. The minimum absolute atomic E-state index is 0.0355. The number of rotatable bonds is 20. The Balaban J connectivity index is 1.51. The maximum Gasteiger partial charge on any atom is 0.323 e. The number of benzene rings is 4. The molecular weight excluding hydrogens is 692 g/mol. The first-order valence-corrected chi connectivity index (χ1v) is 16.1. The number of ether oxygens (including phenoxy) is 2. The summed E-state index contributed by atoms with van der Waals surface area (Å²) in [4.78, 5) is 74.8. The van der Waals surface area contributed by atoms with Gasteiger partial charge in [-0.15, -0.1) is 0 Å². The van der Waals surface area contributed by atoms with E-state index in [1.54, 1.807) is 36.2 Å². The molecule has 0 spiro atoms. The van der Waals surface area contributed by atoms with Crippen molar-refractivity contribution in [3.63, 3.8) is 0 Å². The molecule has 0 radical (unpaired) electrons. The molecule has 0 fully saturated rings. The molecule has 278 valence electrons. The van der Waals surface area contributed by atoms with Crippen molar-refractivity contribution >= 4 is 69.1 Å². The van der Waals surface area contributed by atoms with Gasteiger partial charge in [0, 0.05) is 30.1 Å². The van der Waals surface area contributed by atoms with E-state index in [4.69, 9.17) is 9.47 Å². The minimum atomic E-state index is -1.29. The van der Waals surface area contributed by atoms with E-state index in [1.165, 1.54) is 37.3 Å². The van der Waals surface area contributed by atoms with Crippen molar-refractivity contribution in [2.75, 3.05) is 73.0 Å². The summed E-state index contributed by atoms with van der Waals surface area (Å²) < 4.78 is 11.7. The molecule has 53 heavy (non-hydrogen) atoms. The van der Waals surface area contributed by atoms with Crippen molar-refractivity contribution in [2.45, 2.75) is 6.92 Å². The standard InChI is InChI=1S/C37H38N4O12/c1-23(42)24-7-8-26-16-28(11-9-25(26)15-24)39(2)18-33(43)38-27-10-12-30(41(21-36(48)49)22-37(50)51)32(17-27)53-14-13-52-31-6-4-3-5-29(31)40(19-34(44)45)20-35(46)47/h3-12,15-17H,13-14,18-22H2,1-2H3,(H,38,43)(H,44,45)(H,46,47)(H,48,49)(H,50,51). The Morgan fingerprint density at radius 1 is 0.604 bits per heavy atom. The topological polar surface area (TPSA) is 224 Å². The molecule has 16 nitrogen and oxygen atoms in total. The molecule has 0 aliphatic rings. The van der Waals surface area contributed by atoms with E-state index in [2.05, 4.69) is 5.32 Å². The van der Waals surface area contributed by atoms with Crippen LogP contribution in [0.15, 0.2) is 78.9 Å². The van der Waals surface area contributed by atoms with Gasteiger partial charge in [-0.05, 0) is 60.2 Å². The fraction of sp³-hybridized carbons (Fsp3) is 0.243. The van der Waals surface area contributed by atoms with Crippen molar-refractivity contribution in [1.29, 1.82) is 0 Å². The Labute approximate surface area is 303 Å². The van der Waals surface area contributed by atoms with E-state index in [0.29, 0.717) is 5.56 Å². The number of carboxylic acid groups (broad SMARTS) is 4. The molecule has 5 N–H and O–H groups in total. The Hall–Kier alpha value is -6.84. The Bertz CT molecular complexity index is 1990. The van der Waals surface area contributed by atoms with Gasteiger partial charge in [-0.3, -0.25) is 28.8 Å². The van der Waals surface area contributed by atoms with Gasteiger partial charge in [-0.1, -0.05) is 30.3 Å². The molecule has 0 saturated carbocycles. The van der Waals surface area contributed by atoms with Crippen LogP contribution in [0.5, 0.6) is 11.5 Å². The summed E-state index contributed by atoms with van der Waals surface area (Å²) in [5, 5.41) is 42.0. The number of aliphatic carboxylic acids is 4. The van der Waals surface area contributed by atoms with Crippen molar-refractivity contribution in [3.8, 4) is 11.5 Å². The number of hydrogen-bond acceptors (Lipinski definition) is 11. The first kappa shape index (κ1) is 39.0. The van der Waals surface area contributed by atoms with E-state index in [0.717, 1.165) is 26.3 Å². The molecule has 1 amide bonds. The fourth-order valence-electron chi connectivity index (χ4n) is 5.41. The fourth-order valence-corrected chi connectivity index (χ4v) is 5.41. The molecule has 0 unspecified atom stereocenters. The van der Waals surface area contributed by atoms with Crippen LogP contribution in [0, 0.1) is 0 Å². The van der Waals surface area contributed by atoms with E-state index >= 15 is 0 Å². The van der Waals surface area contributed by atoms with Crippen LogP contribution in [-0.4, -0.2) is 109 Å². The first-order valence-electron chi connectivity index (χ1n) is 16.1. The number of carbonyl (C=O) groups excluding carboxylic acids is 2. The lowest BCUT2D eigenvalue weighted by molar-refractivity contribution is -0.138. The summed E-state index contributed by atoms with van der Waals surface area (Å²) in [5.41, 5.74) is 1.94. The number of amides is 1. The highest BCUT2D eigenvalue weighted by Crippen LogP contribution is 2.33. The second-order valence-corrected chi connectivity index (χ2v) is 11.8. The maximum absolute atomic E-state index is 13.1. The summed E-state index contributed by atoms with van der Waals surface area (Å²) in [6, 6.07) is 21.5. The number of nitrogens with zero attached hydrogens (tertiary/aromatic N) is 3. The summed E-state index contributed by atoms with van der Waals surface area (Å²) in [6.07, 6.45) is 0. The van der Waals surface area contributed by atoms with Crippen LogP contribution in [-0.2, 0) is 24.0 Å². The van der Waals surface area contributed by atoms with E-state index in [1.807, 2.05) is 24.3 Å². The average molecular weight is 731 g/mol. The SMILES string of the molecule is CC(=O)c1ccc2cc(N(C)CC(=O)Nc3ccc(N(CC(=O)O)CC(=O)O)c(OCCOc4ccccc4N(CC(=O)O)CC(=O)O)c3)ccc2c1. The Morgan fingerprint density at radius 2 is 1.13 bits per heavy atom. The van der Waals surface area contributed by atoms with Crippen LogP contribution in [0.2, 0.25) is 0 Å². The third-order valence-corrected chi connectivity index (χ3v) is 7.75. The number of Topliss-reactive ketones (excluding diaryl/α,β-unsaturated/α-hetero) is 1. The van der Waals surface area contributed by atoms with Crippen LogP contribution < -0.4 is 29.5 Å². The van der Waals surface area contributed by atoms with Crippen molar-refractivity contribution in [2.24, 2.45) is 0 Å². The highest BCUT2D eigenvalue weighted by molar-refractivity contribution is 5.99.